The first-order valence-electron chi connectivity index (χ1n) is 5.92. The van der Waals surface area contributed by atoms with Gasteiger partial charge in [-0.2, -0.15) is 5.26 Å². The van der Waals surface area contributed by atoms with Crippen LogP contribution in [-0.4, -0.2) is 29.6 Å². The number of nitrogens with two attached hydrogens (primary N) is 1. The summed E-state index contributed by atoms with van der Waals surface area (Å²) < 4.78 is 13.5. The second kappa shape index (κ2) is 6.34. The summed E-state index contributed by atoms with van der Waals surface area (Å²) in [4.78, 5) is 2.02. The van der Waals surface area contributed by atoms with E-state index < -0.39 is 11.9 Å². The zero-order valence-electron chi connectivity index (χ0n) is 10.7. The van der Waals surface area contributed by atoms with E-state index in [9.17, 15) is 9.50 Å². The number of likely N-dealkylation sites (N-methyl/N-ethyl adjacent to an activating group) is 1. The number of hydrogen-bond donors (Lipinski definition) is 2. The summed E-state index contributed by atoms with van der Waals surface area (Å²) in [5.41, 5.74) is 5.69. The van der Waals surface area contributed by atoms with Crippen molar-refractivity contribution >= 4 is 5.69 Å². The van der Waals surface area contributed by atoms with E-state index in [0.29, 0.717) is 12.1 Å². The Kier molecular flexibility index (Phi) is 5.08. The summed E-state index contributed by atoms with van der Waals surface area (Å²) in [7, 11) is 0. The molecule has 0 amide bonds. The lowest BCUT2D eigenvalue weighted by Gasteiger charge is -2.22. The summed E-state index contributed by atoms with van der Waals surface area (Å²) in [5, 5.41) is 18.9. The third kappa shape index (κ3) is 3.19. The fourth-order valence-corrected chi connectivity index (χ4v) is 1.76. The van der Waals surface area contributed by atoms with Crippen LogP contribution in [0, 0.1) is 17.1 Å². The standard InChI is InChI=1S/C13H18FN3O/c1-3-17(4-2)8-12(18)9-5-10(7-15)13(16)11(14)6-9/h5-6,12,18H,3-4,8,16H2,1-2H3. The molecular formula is C13H18FN3O. The molecule has 1 aromatic rings. The van der Waals surface area contributed by atoms with E-state index in [2.05, 4.69) is 0 Å². The van der Waals surface area contributed by atoms with Crippen molar-refractivity contribution in [1.82, 2.24) is 4.90 Å². The van der Waals surface area contributed by atoms with Crippen molar-refractivity contribution in [1.29, 1.82) is 5.26 Å². The van der Waals surface area contributed by atoms with E-state index in [0.717, 1.165) is 13.1 Å². The highest BCUT2D eigenvalue weighted by Crippen LogP contribution is 2.23. The first kappa shape index (κ1) is 14.4. The smallest absolute Gasteiger partial charge is 0.147 e. The quantitative estimate of drug-likeness (QED) is 0.780. The maximum Gasteiger partial charge on any atom is 0.147 e. The van der Waals surface area contributed by atoms with Crippen molar-refractivity contribution in [3.8, 4) is 6.07 Å². The molecule has 98 valence electrons. The molecule has 3 N–H and O–H groups in total. The number of nitrogen functional groups attached to an aromatic ring is 1. The number of hydrogen-bond acceptors (Lipinski definition) is 4. The number of aliphatic hydroxyl groups is 1. The van der Waals surface area contributed by atoms with E-state index in [4.69, 9.17) is 11.0 Å². The van der Waals surface area contributed by atoms with Crippen LogP contribution in [0.25, 0.3) is 0 Å². The molecule has 18 heavy (non-hydrogen) atoms. The predicted octanol–water partition coefficient (Wildman–Crippen LogP) is 1.65. The average Bonchev–Trinajstić information content (AvgIpc) is 2.38. The fraction of sp³-hybridized carbons (Fsp3) is 0.462. The Hall–Kier alpha value is -1.64. The van der Waals surface area contributed by atoms with E-state index in [1.54, 1.807) is 0 Å². The molecule has 0 fully saturated rings. The van der Waals surface area contributed by atoms with E-state index in [1.807, 2.05) is 24.8 Å². The summed E-state index contributed by atoms with van der Waals surface area (Å²) in [6.45, 7) is 5.98. The van der Waals surface area contributed by atoms with Crippen molar-refractivity contribution in [3.05, 3.63) is 29.1 Å². The van der Waals surface area contributed by atoms with Crippen LogP contribution in [0.15, 0.2) is 12.1 Å². The molecule has 1 aromatic carbocycles. The van der Waals surface area contributed by atoms with Crippen LogP contribution in [0.5, 0.6) is 0 Å². The number of anilines is 1. The van der Waals surface area contributed by atoms with Gasteiger partial charge in [-0.1, -0.05) is 13.8 Å². The third-order valence-electron chi connectivity index (χ3n) is 2.98. The number of nitrogens with zero attached hydrogens (tertiary/aromatic N) is 2. The fourth-order valence-electron chi connectivity index (χ4n) is 1.76. The monoisotopic (exact) mass is 251 g/mol. The molecule has 0 bridgehead atoms. The third-order valence-corrected chi connectivity index (χ3v) is 2.98. The van der Waals surface area contributed by atoms with Crippen LogP contribution < -0.4 is 5.73 Å². The Labute approximate surface area is 106 Å². The summed E-state index contributed by atoms with van der Waals surface area (Å²) in [6, 6.07) is 4.44. The molecule has 0 aliphatic heterocycles. The molecule has 5 heteroatoms. The van der Waals surface area contributed by atoms with Crippen LogP contribution in [0.3, 0.4) is 0 Å². The number of halogens is 1. The van der Waals surface area contributed by atoms with Crippen LogP contribution in [0.2, 0.25) is 0 Å². The number of rotatable bonds is 5. The van der Waals surface area contributed by atoms with Gasteiger partial charge in [0, 0.05) is 6.54 Å². The van der Waals surface area contributed by atoms with Gasteiger partial charge in [-0.25, -0.2) is 4.39 Å². The Balaban J connectivity index is 2.96. The lowest BCUT2D eigenvalue weighted by atomic mass is 10.0. The van der Waals surface area contributed by atoms with Gasteiger partial charge >= 0.3 is 0 Å². The van der Waals surface area contributed by atoms with Gasteiger partial charge in [0.05, 0.1) is 17.4 Å². The first-order valence-corrected chi connectivity index (χ1v) is 5.92. The lowest BCUT2D eigenvalue weighted by Crippen LogP contribution is -2.28. The summed E-state index contributed by atoms with van der Waals surface area (Å²) in [6.07, 6.45) is -0.827. The Morgan fingerprint density at radius 3 is 2.56 bits per heavy atom. The average molecular weight is 251 g/mol. The van der Waals surface area contributed by atoms with Crippen molar-refractivity contribution in [2.45, 2.75) is 20.0 Å². The van der Waals surface area contributed by atoms with Crippen molar-refractivity contribution < 1.29 is 9.50 Å². The normalized spacial score (nSPS) is 12.4. The van der Waals surface area contributed by atoms with Crippen molar-refractivity contribution in [3.63, 3.8) is 0 Å². The Bertz CT molecular complexity index is 452. The van der Waals surface area contributed by atoms with E-state index in [1.165, 1.54) is 12.1 Å². The molecule has 0 spiro atoms. The molecule has 4 nitrogen and oxygen atoms in total. The Morgan fingerprint density at radius 1 is 1.44 bits per heavy atom. The zero-order valence-corrected chi connectivity index (χ0v) is 10.7. The highest BCUT2D eigenvalue weighted by atomic mass is 19.1. The van der Waals surface area contributed by atoms with Crippen molar-refractivity contribution in [2.24, 2.45) is 0 Å². The molecule has 0 heterocycles. The van der Waals surface area contributed by atoms with Gasteiger partial charge in [-0.05, 0) is 30.8 Å². The molecular weight excluding hydrogens is 233 g/mol. The molecule has 0 saturated carbocycles. The highest BCUT2D eigenvalue weighted by molar-refractivity contribution is 5.56. The number of aliphatic hydroxyl groups excluding tert-OH is 1. The minimum atomic E-state index is -0.827. The van der Waals surface area contributed by atoms with Gasteiger partial charge in [0.25, 0.3) is 0 Å². The molecule has 1 atom stereocenters. The highest BCUT2D eigenvalue weighted by Gasteiger charge is 2.15. The molecule has 0 aliphatic rings. The van der Waals surface area contributed by atoms with Crippen LogP contribution in [-0.2, 0) is 0 Å². The second-order valence-corrected chi connectivity index (χ2v) is 4.08. The molecule has 0 aliphatic carbocycles. The lowest BCUT2D eigenvalue weighted by molar-refractivity contribution is 0.119. The van der Waals surface area contributed by atoms with E-state index in [-0.39, 0.29) is 11.3 Å². The van der Waals surface area contributed by atoms with E-state index >= 15 is 0 Å². The summed E-state index contributed by atoms with van der Waals surface area (Å²) >= 11 is 0. The largest absolute Gasteiger partial charge is 0.395 e. The van der Waals surface area contributed by atoms with Crippen LogP contribution in [0.4, 0.5) is 10.1 Å². The summed E-state index contributed by atoms with van der Waals surface area (Å²) in [5.74, 6) is -0.664. The molecule has 0 radical (unpaired) electrons. The molecule has 1 unspecified atom stereocenters. The van der Waals surface area contributed by atoms with Gasteiger partial charge in [-0.15, -0.1) is 0 Å². The SMILES string of the molecule is CCN(CC)CC(O)c1cc(F)c(N)c(C#N)c1. The predicted molar refractivity (Wildman–Crippen MR) is 68.3 cm³/mol. The van der Waals surface area contributed by atoms with Gasteiger partial charge in [0.1, 0.15) is 11.9 Å². The molecule has 1 rings (SSSR count). The van der Waals surface area contributed by atoms with Crippen molar-refractivity contribution in [2.75, 3.05) is 25.4 Å². The topological polar surface area (TPSA) is 73.3 Å². The maximum atomic E-state index is 13.5. The Morgan fingerprint density at radius 2 is 2.06 bits per heavy atom. The van der Waals surface area contributed by atoms with Gasteiger partial charge < -0.3 is 15.7 Å². The van der Waals surface area contributed by atoms with Gasteiger partial charge in [0.15, 0.2) is 0 Å². The number of benzene rings is 1. The minimum Gasteiger partial charge on any atom is -0.395 e. The van der Waals surface area contributed by atoms with Gasteiger partial charge in [-0.3, -0.25) is 0 Å². The molecule has 0 aromatic heterocycles. The van der Waals surface area contributed by atoms with Crippen LogP contribution in [0.1, 0.15) is 31.1 Å². The maximum absolute atomic E-state index is 13.5. The van der Waals surface area contributed by atoms with Crippen LogP contribution >= 0.6 is 0 Å². The minimum absolute atomic E-state index is 0.0589. The first-order chi connectivity index (χ1) is 8.53. The zero-order chi connectivity index (χ0) is 13.7. The molecule has 0 saturated heterocycles. The second-order valence-electron chi connectivity index (χ2n) is 4.08. The number of nitriles is 1. The van der Waals surface area contributed by atoms with Gasteiger partial charge in [0.2, 0.25) is 0 Å².